The molecule has 1 heterocycles. The molecule has 0 aromatic rings. The number of amides is 2. The monoisotopic (exact) mass is 171 g/mol. The molecule has 2 amide bonds. The third-order valence-electron chi connectivity index (χ3n) is 1.84. The quantitative estimate of drug-likeness (QED) is 0.567. The van der Waals surface area contributed by atoms with E-state index < -0.39 is 0 Å². The molecule has 0 saturated carbocycles. The van der Waals surface area contributed by atoms with Crippen LogP contribution in [0, 0.1) is 0 Å². The lowest BCUT2D eigenvalue weighted by Gasteiger charge is -2.14. The van der Waals surface area contributed by atoms with Crippen molar-refractivity contribution in [1.29, 1.82) is 0 Å². The van der Waals surface area contributed by atoms with Crippen LogP contribution < -0.4 is 5.73 Å². The van der Waals surface area contributed by atoms with Crippen LogP contribution in [0.3, 0.4) is 0 Å². The zero-order valence-corrected chi connectivity index (χ0v) is 7.12. The van der Waals surface area contributed by atoms with Gasteiger partial charge in [-0.05, 0) is 6.92 Å². The molecule has 68 valence electrons. The molecule has 2 N–H and O–H groups in total. The molecular weight excluding hydrogens is 158 g/mol. The highest BCUT2D eigenvalue weighted by Crippen LogP contribution is 2.04. The third kappa shape index (κ3) is 1.94. The lowest BCUT2D eigenvalue weighted by molar-refractivity contribution is -0.126. The van der Waals surface area contributed by atoms with E-state index in [0.717, 1.165) is 0 Å². The maximum Gasteiger partial charge on any atom is 0.237 e. The normalized spacial score (nSPS) is 18.8. The number of hydrogen-bond donors (Lipinski definition) is 1. The van der Waals surface area contributed by atoms with E-state index in [9.17, 15) is 9.59 Å². The summed E-state index contributed by atoms with van der Waals surface area (Å²) >= 11 is 0. The summed E-state index contributed by atoms with van der Waals surface area (Å²) < 4.78 is 0. The Morgan fingerprint density at radius 1 is 1.67 bits per heavy atom. The minimum absolute atomic E-state index is 0.0683. The molecule has 0 aliphatic carbocycles. The van der Waals surface area contributed by atoms with Crippen LogP contribution in [0.15, 0.2) is 0 Å². The molecule has 5 nitrogen and oxygen atoms in total. The van der Waals surface area contributed by atoms with E-state index >= 15 is 0 Å². The molecule has 1 aliphatic rings. The highest BCUT2D eigenvalue weighted by Gasteiger charge is 2.26. The second-order valence-corrected chi connectivity index (χ2v) is 2.84. The Morgan fingerprint density at radius 3 is 2.75 bits per heavy atom. The van der Waals surface area contributed by atoms with Gasteiger partial charge >= 0.3 is 0 Å². The van der Waals surface area contributed by atoms with E-state index in [1.165, 1.54) is 0 Å². The van der Waals surface area contributed by atoms with Crippen molar-refractivity contribution in [3.8, 4) is 0 Å². The summed E-state index contributed by atoms with van der Waals surface area (Å²) in [4.78, 5) is 25.1. The van der Waals surface area contributed by atoms with Crippen LogP contribution in [0.2, 0.25) is 0 Å². The predicted octanol–water partition coefficient (Wildman–Crippen LogP) is -1.41. The summed E-state index contributed by atoms with van der Waals surface area (Å²) in [7, 11) is 0. The van der Waals surface area contributed by atoms with Gasteiger partial charge in [-0.15, -0.1) is 0 Å². The van der Waals surface area contributed by atoms with Crippen molar-refractivity contribution in [1.82, 2.24) is 9.80 Å². The fourth-order valence-corrected chi connectivity index (χ4v) is 1.26. The van der Waals surface area contributed by atoms with Crippen LogP contribution in [-0.4, -0.2) is 47.9 Å². The number of likely N-dealkylation sites (N-methyl/N-ethyl adjacent to an activating group) is 1. The molecule has 0 atom stereocenters. The summed E-state index contributed by atoms with van der Waals surface area (Å²) in [6, 6.07) is 0. The van der Waals surface area contributed by atoms with E-state index in [-0.39, 0.29) is 18.4 Å². The highest BCUT2D eigenvalue weighted by atomic mass is 16.2. The van der Waals surface area contributed by atoms with Crippen molar-refractivity contribution in [2.45, 2.75) is 6.92 Å². The first-order valence-corrected chi connectivity index (χ1v) is 3.92. The van der Waals surface area contributed by atoms with E-state index in [1.807, 2.05) is 6.92 Å². The third-order valence-corrected chi connectivity index (χ3v) is 1.84. The molecule has 12 heavy (non-hydrogen) atoms. The highest BCUT2D eigenvalue weighted by molar-refractivity contribution is 5.82. The second kappa shape index (κ2) is 3.53. The molecule has 0 radical (unpaired) electrons. The van der Waals surface area contributed by atoms with E-state index in [0.29, 0.717) is 19.8 Å². The molecule has 0 aromatic carbocycles. The minimum atomic E-state index is -0.388. The topological polar surface area (TPSA) is 66.6 Å². The van der Waals surface area contributed by atoms with Crippen molar-refractivity contribution in [2.75, 3.05) is 26.3 Å². The Kier molecular flexibility index (Phi) is 2.65. The molecule has 0 aromatic heterocycles. The fourth-order valence-electron chi connectivity index (χ4n) is 1.26. The van der Waals surface area contributed by atoms with Gasteiger partial charge in [0, 0.05) is 6.54 Å². The summed E-state index contributed by atoms with van der Waals surface area (Å²) in [6.45, 7) is 3.61. The maximum absolute atomic E-state index is 11.1. The van der Waals surface area contributed by atoms with Gasteiger partial charge in [0.1, 0.15) is 0 Å². The number of carbonyl (C=O) groups is 2. The first-order chi connectivity index (χ1) is 5.63. The summed E-state index contributed by atoms with van der Waals surface area (Å²) in [5.74, 6) is -0.320. The standard InChI is InChI=1S/C7H13N3O2/c1-2-10-5-9(3-6(8)11)4-7(10)12/h2-5H2,1H3,(H2,8,11). The van der Waals surface area contributed by atoms with Crippen molar-refractivity contribution in [3.63, 3.8) is 0 Å². The zero-order valence-electron chi connectivity index (χ0n) is 7.12. The summed E-state index contributed by atoms with van der Waals surface area (Å²) in [5, 5.41) is 0. The van der Waals surface area contributed by atoms with E-state index in [2.05, 4.69) is 0 Å². The van der Waals surface area contributed by atoms with E-state index in [1.54, 1.807) is 9.80 Å². The Morgan fingerprint density at radius 2 is 2.33 bits per heavy atom. The number of rotatable bonds is 3. The van der Waals surface area contributed by atoms with Crippen LogP contribution in [0.5, 0.6) is 0 Å². The van der Waals surface area contributed by atoms with Crippen LogP contribution in [-0.2, 0) is 9.59 Å². The largest absolute Gasteiger partial charge is 0.369 e. The van der Waals surface area contributed by atoms with Gasteiger partial charge in [0.05, 0.1) is 19.8 Å². The van der Waals surface area contributed by atoms with Crippen LogP contribution in [0.1, 0.15) is 6.92 Å². The molecule has 5 heteroatoms. The Bertz CT molecular complexity index is 205. The van der Waals surface area contributed by atoms with Crippen molar-refractivity contribution in [3.05, 3.63) is 0 Å². The maximum atomic E-state index is 11.1. The Labute approximate surface area is 71.1 Å². The van der Waals surface area contributed by atoms with Gasteiger partial charge in [0.25, 0.3) is 0 Å². The van der Waals surface area contributed by atoms with Crippen molar-refractivity contribution in [2.24, 2.45) is 5.73 Å². The molecule has 0 spiro atoms. The van der Waals surface area contributed by atoms with Gasteiger partial charge in [-0.1, -0.05) is 0 Å². The molecule has 1 aliphatic heterocycles. The number of nitrogens with zero attached hydrogens (tertiary/aromatic N) is 2. The van der Waals surface area contributed by atoms with Crippen molar-refractivity contribution < 1.29 is 9.59 Å². The van der Waals surface area contributed by atoms with E-state index in [4.69, 9.17) is 5.73 Å². The first kappa shape index (κ1) is 8.99. The Balaban J connectivity index is 2.43. The van der Waals surface area contributed by atoms with Crippen LogP contribution in [0.4, 0.5) is 0 Å². The lowest BCUT2D eigenvalue weighted by atomic mass is 10.5. The van der Waals surface area contributed by atoms with Gasteiger partial charge in [-0.3, -0.25) is 14.5 Å². The second-order valence-electron chi connectivity index (χ2n) is 2.84. The smallest absolute Gasteiger partial charge is 0.237 e. The molecule has 1 saturated heterocycles. The van der Waals surface area contributed by atoms with Gasteiger partial charge in [0.15, 0.2) is 0 Å². The lowest BCUT2D eigenvalue weighted by Crippen LogP contribution is -2.33. The Hall–Kier alpha value is -1.10. The molecule has 0 unspecified atom stereocenters. The number of hydrogen-bond acceptors (Lipinski definition) is 3. The van der Waals surface area contributed by atoms with Crippen molar-refractivity contribution >= 4 is 11.8 Å². The van der Waals surface area contributed by atoms with Gasteiger partial charge < -0.3 is 10.6 Å². The average molecular weight is 171 g/mol. The number of primary amides is 1. The summed E-state index contributed by atoms with van der Waals surface area (Å²) in [5.41, 5.74) is 4.99. The number of nitrogens with two attached hydrogens (primary N) is 1. The first-order valence-electron chi connectivity index (χ1n) is 3.92. The molecule has 1 fully saturated rings. The van der Waals surface area contributed by atoms with Gasteiger partial charge in [-0.25, -0.2) is 0 Å². The number of carbonyl (C=O) groups excluding carboxylic acids is 2. The van der Waals surface area contributed by atoms with Gasteiger partial charge in [-0.2, -0.15) is 0 Å². The fraction of sp³-hybridized carbons (Fsp3) is 0.714. The molecule has 1 rings (SSSR count). The van der Waals surface area contributed by atoms with Crippen LogP contribution >= 0.6 is 0 Å². The summed E-state index contributed by atoms with van der Waals surface area (Å²) in [6.07, 6.45) is 0. The SMILES string of the molecule is CCN1CN(CC(N)=O)CC1=O. The van der Waals surface area contributed by atoms with Gasteiger partial charge in [0.2, 0.25) is 11.8 Å². The zero-order chi connectivity index (χ0) is 9.14. The predicted molar refractivity (Wildman–Crippen MR) is 43.0 cm³/mol. The molecule has 0 bridgehead atoms. The van der Waals surface area contributed by atoms with Crippen LogP contribution in [0.25, 0.3) is 0 Å². The minimum Gasteiger partial charge on any atom is -0.369 e. The molecular formula is C7H13N3O2. The average Bonchev–Trinajstić information content (AvgIpc) is 2.29.